The van der Waals surface area contributed by atoms with Crippen molar-refractivity contribution in [3.8, 4) is 0 Å². The predicted molar refractivity (Wildman–Crippen MR) is 148 cm³/mol. The summed E-state index contributed by atoms with van der Waals surface area (Å²) in [5.74, 6) is -2.16. The Bertz CT molecular complexity index is 1050. The number of allylic oxidation sites excluding steroid dienone is 1. The van der Waals surface area contributed by atoms with Crippen LogP contribution < -0.4 is 10.6 Å². The SMILES string of the molecule is CCOC(=O)C1=C(COCCNC[C@@H](O)[C@@H](O)[C@H](O)[C@@H](O)CO)NC(C)=C(C(=O)OC)C1c1ccccc1Cl.Cl. The molecule has 0 saturated heterocycles. The van der Waals surface area contributed by atoms with E-state index in [0.717, 1.165) is 0 Å². The predicted octanol–water partition coefficient (Wildman–Crippen LogP) is -0.245. The maximum atomic E-state index is 13.2. The first-order valence-electron chi connectivity index (χ1n) is 12.4. The third kappa shape index (κ3) is 9.13. The fourth-order valence-electron chi connectivity index (χ4n) is 4.11. The number of ether oxygens (including phenoxy) is 3. The van der Waals surface area contributed by atoms with Gasteiger partial charge in [0.05, 0.1) is 62.4 Å². The molecule has 1 unspecified atom stereocenters. The molecular formula is C26H38Cl2N2O10. The minimum Gasteiger partial charge on any atom is -0.466 e. The summed E-state index contributed by atoms with van der Waals surface area (Å²) in [5.41, 5.74) is 1.71. The topological polar surface area (TPSA) is 187 Å². The van der Waals surface area contributed by atoms with Crippen LogP contribution in [0.3, 0.4) is 0 Å². The summed E-state index contributed by atoms with van der Waals surface area (Å²) in [5, 5.41) is 54.1. The number of rotatable bonds is 15. The van der Waals surface area contributed by atoms with Crippen molar-refractivity contribution in [2.24, 2.45) is 0 Å². The van der Waals surface area contributed by atoms with Gasteiger partial charge in [0, 0.05) is 23.8 Å². The second kappa shape index (κ2) is 17.5. The Kier molecular flexibility index (Phi) is 15.7. The van der Waals surface area contributed by atoms with Crippen LogP contribution in [0.2, 0.25) is 5.02 Å². The van der Waals surface area contributed by atoms with Gasteiger partial charge in [-0.15, -0.1) is 12.4 Å². The van der Waals surface area contributed by atoms with Crippen LogP contribution in [-0.2, 0) is 23.8 Å². The molecule has 0 fully saturated rings. The van der Waals surface area contributed by atoms with Gasteiger partial charge in [0.25, 0.3) is 0 Å². The van der Waals surface area contributed by atoms with Crippen LogP contribution in [0, 0.1) is 0 Å². The summed E-state index contributed by atoms with van der Waals surface area (Å²) in [6, 6.07) is 6.85. The number of methoxy groups -OCH3 is 1. The largest absolute Gasteiger partial charge is 0.466 e. The number of dihydropyridines is 1. The van der Waals surface area contributed by atoms with Crippen LogP contribution in [-0.4, -0.2) is 109 Å². The molecule has 40 heavy (non-hydrogen) atoms. The van der Waals surface area contributed by atoms with Gasteiger partial charge in [0.2, 0.25) is 0 Å². The molecule has 0 radical (unpaired) electrons. The lowest BCUT2D eigenvalue weighted by atomic mass is 9.80. The van der Waals surface area contributed by atoms with Gasteiger partial charge in [-0.05, 0) is 25.5 Å². The van der Waals surface area contributed by atoms with E-state index in [1.165, 1.54) is 7.11 Å². The van der Waals surface area contributed by atoms with Crippen molar-refractivity contribution in [2.45, 2.75) is 44.2 Å². The third-order valence-corrected chi connectivity index (χ3v) is 6.45. The van der Waals surface area contributed by atoms with E-state index >= 15 is 0 Å². The molecule has 14 heteroatoms. The smallest absolute Gasteiger partial charge is 0.336 e. The van der Waals surface area contributed by atoms with E-state index in [1.54, 1.807) is 38.1 Å². The van der Waals surface area contributed by atoms with E-state index in [2.05, 4.69) is 10.6 Å². The summed E-state index contributed by atoms with van der Waals surface area (Å²) in [4.78, 5) is 25.9. The molecule has 1 aliphatic rings. The Morgan fingerprint density at radius 2 is 1.73 bits per heavy atom. The number of carbonyl (C=O) groups is 2. The van der Waals surface area contributed by atoms with E-state index in [4.69, 9.17) is 30.9 Å². The average molecular weight is 610 g/mol. The molecule has 0 saturated carbocycles. The Balaban J connectivity index is 0.00000800. The molecule has 1 aromatic carbocycles. The minimum atomic E-state index is -1.72. The monoisotopic (exact) mass is 608 g/mol. The van der Waals surface area contributed by atoms with Crippen LogP contribution in [0.4, 0.5) is 0 Å². The molecule has 7 N–H and O–H groups in total. The van der Waals surface area contributed by atoms with E-state index in [1.807, 2.05) is 0 Å². The van der Waals surface area contributed by atoms with E-state index in [-0.39, 0.29) is 56.5 Å². The number of hydrogen-bond acceptors (Lipinski definition) is 12. The van der Waals surface area contributed by atoms with Crippen molar-refractivity contribution in [2.75, 3.05) is 46.6 Å². The summed E-state index contributed by atoms with van der Waals surface area (Å²) in [7, 11) is 1.25. The van der Waals surface area contributed by atoms with E-state index < -0.39 is 48.9 Å². The Hall–Kier alpha value is -2.26. The van der Waals surface area contributed by atoms with Crippen molar-refractivity contribution in [3.63, 3.8) is 0 Å². The highest BCUT2D eigenvalue weighted by Gasteiger charge is 2.39. The van der Waals surface area contributed by atoms with Crippen LogP contribution in [0.5, 0.6) is 0 Å². The lowest BCUT2D eigenvalue weighted by Crippen LogP contribution is -2.49. The number of benzene rings is 1. The number of aliphatic hydroxyl groups excluding tert-OH is 5. The molecule has 2 rings (SSSR count). The maximum absolute atomic E-state index is 13.2. The van der Waals surface area contributed by atoms with Crippen molar-refractivity contribution in [3.05, 3.63) is 57.4 Å². The summed E-state index contributed by atoms with van der Waals surface area (Å²) >= 11 is 6.48. The first-order chi connectivity index (χ1) is 18.6. The highest BCUT2D eigenvalue weighted by atomic mass is 35.5. The maximum Gasteiger partial charge on any atom is 0.336 e. The lowest BCUT2D eigenvalue weighted by molar-refractivity contribution is -0.139. The molecule has 12 nitrogen and oxygen atoms in total. The Morgan fingerprint density at radius 3 is 2.33 bits per heavy atom. The highest BCUT2D eigenvalue weighted by molar-refractivity contribution is 6.31. The van der Waals surface area contributed by atoms with Crippen LogP contribution in [0.15, 0.2) is 46.8 Å². The zero-order chi connectivity index (χ0) is 29.1. The molecule has 0 bridgehead atoms. The van der Waals surface area contributed by atoms with Crippen molar-refractivity contribution in [1.82, 2.24) is 10.6 Å². The number of hydrogen-bond donors (Lipinski definition) is 7. The molecule has 1 heterocycles. The molecule has 1 aliphatic heterocycles. The molecule has 5 atom stereocenters. The molecule has 0 aromatic heterocycles. The number of esters is 2. The van der Waals surface area contributed by atoms with Gasteiger partial charge in [-0.3, -0.25) is 0 Å². The quantitative estimate of drug-likeness (QED) is 0.102. The molecule has 226 valence electrons. The molecule has 0 amide bonds. The van der Waals surface area contributed by atoms with Gasteiger partial charge in [0.15, 0.2) is 0 Å². The third-order valence-electron chi connectivity index (χ3n) is 6.11. The first kappa shape index (κ1) is 35.8. The van der Waals surface area contributed by atoms with E-state index in [0.29, 0.717) is 22.0 Å². The van der Waals surface area contributed by atoms with Gasteiger partial charge in [-0.25, -0.2) is 9.59 Å². The number of halogens is 2. The summed E-state index contributed by atoms with van der Waals surface area (Å²) in [6.07, 6.45) is -6.40. The fourth-order valence-corrected chi connectivity index (χ4v) is 4.36. The van der Waals surface area contributed by atoms with Gasteiger partial charge in [-0.1, -0.05) is 29.8 Å². The molecule has 1 aromatic rings. The fraction of sp³-hybridized carbons (Fsp3) is 0.538. The number of aliphatic hydroxyl groups is 5. The zero-order valence-electron chi connectivity index (χ0n) is 22.5. The normalized spacial score (nSPS) is 18.3. The van der Waals surface area contributed by atoms with Crippen LogP contribution >= 0.6 is 24.0 Å². The second-order valence-electron chi connectivity index (χ2n) is 8.78. The van der Waals surface area contributed by atoms with Crippen molar-refractivity contribution in [1.29, 1.82) is 0 Å². The highest BCUT2D eigenvalue weighted by Crippen LogP contribution is 2.41. The van der Waals surface area contributed by atoms with E-state index in [9.17, 15) is 30.0 Å². The van der Waals surface area contributed by atoms with Crippen molar-refractivity contribution >= 4 is 35.9 Å². The minimum absolute atomic E-state index is 0. The van der Waals surface area contributed by atoms with Crippen molar-refractivity contribution < 1.29 is 49.3 Å². The Morgan fingerprint density at radius 1 is 1.07 bits per heavy atom. The average Bonchev–Trinajstić information content (AvgIpc) is 2.92. The van der Waals surface area contributed by atoms with Gasteiger partial charge < -0.3 is 50.4 Å². The molecule has 0 spiro atoms. The summed E-state index contributed by atoms with van der Waals surface area (Å²) < 4.78 is 16.0. The lowest BCUT2D eigenvalue weighted by Gasteiger charge is -2.31. The second-order valence-corrected chi connectivity index (χ2v) is 9.18. The van der Waals surface area contributed by atoms with Crippen LogP contribution in [0.25, 0.3) is 0 Å². The van der Waals surface area contributed by atoms with Gasteiger partial charge in [0.1, 0.15) is 18.3 Å². The molecular weight excluding hydrogens is 571 g/mol. The Labute approximate surface area is 244 Å². The van der Waals surface area contributed by atoms with Gasteiger partial charge >= 0.3 is 11.9 Å². The van der Waals surface area contributed by atoms with Crippen LogP contribution in [0.1, 0.15) is 25.3 Å². The zero-order valence-corrected chi connectivity index (χ0v) is 24.1. The number of nitrogens with one attached hydrogen (secondary N) is 2. The molecule has 0 aliphatic carbocycles. The standard InChI is InChI=1S/C26H37ClN2O10.ClH/c1-4-39-26(36)22-17(13-38-10-9-28-11-18(31)23(33)24(34)19(32)12-30)29-14(2)20(25(35)37-3)21(22)15-7-5-6-8-16(15)27;/h5-8,18-19,21,23-24,28-34H,4,9-13H2,1-3H3;1H/t18-,19+,21?,23-,24-;/m1./s1. The summed E-state index contributed by atoms with van der Waals surface area (Å²) in [6.45, 7) is 2.83. The number of carbonyl (C=O) groups excluding carboxylic acids is 2. The van der Waals surface area contributed by atoms with Gasteiger partial charge in [-0.2, -0.15) is 0 Å². The first-order valence-corrected chi connectivity index (χ1v) is 12.8.